The van der Waals surface area contributed by atoms with E-state index < -0.39 is 11.8 Å². The first kappa shape index (κ1) is 21.3. The van der Waals surface area contributed by atoms with Crippen LogP contribution in [0.15, 0.2) is 50.9 Å². The third kappa shape index (κ3) is 4.02. The molecule has 2 aliphatic heterocycles. The number of aromatic nitrogens is 2. The van der Waals surface area contributed by atoms with E-state index >= 15 is 0 Å². The lowest BCUT2D eigenvalue weighted by Gasteiger charge is -2.20. The van der Waals surface area contributed by atoms with Crippen molar-refractivity contribution in [3.63, 3.8) is 0 Å². The Hall–Kier alpha value is -3.53. The number of benzene rings is 2. The first-order chi connectivity index (χ1) is 15.9. The molecule has 2 aliphatic rings. The van der Waals surface area contributed by atoms with Crippen molar-refractivity contribution in [3.05, 3.63) is 62.8 Å². The van der Waals surface area contributed by atoms with E-state index in [-0.39, 0.29) is 24.1 Å². The van der Waals surface area contributed by atoms with Crippen LogP contribution in [-0.2, 0) is 16.1 Å². The molecule has 0 spiro atoms. The Labute approximate surface area is 192 Å². The molecule has 10 heteroatoms. The van der Waals surface area contributed by atoms with E-state index in [0.29, 0.717) is 47.4 Å². The molecule has 33 heavy (non-hydrogen) atoms. The summed E-state index contributed by atoms with van der Waals surface area (Å²) in [5.41, 5.74) is 1.98. The molecule has 0 unspecified atom stereocenters. The molecular weight excluding hydrogens is 444 g/mol. The first-order valence-corrected chi connectivity index (χ1v) is 11.7. The Morgan fingerprint density at radius 2 is 2.00 bits per heavy atom. The number of carbonyl (C=O) groups is 2. The van der Waals surface area contributed by atoms with E-state index in [1.165, 1.54) is 21.2 Å². The van der Waals surface area contributed by atoms with E-state index in [2.05, 4.69) is 10.3 Å². The standard InChI is InChI=1S/C23H22N4O5S/c1-13-4-2-6-16-20(13)25-22(30)26(21(16)29)9-3-5-15-11-27(23(31)32-15)14-7-8-18-17(10-14)24-19(28)12-33-18/h2,4,6-8,10,15H,3,5,9,11-12H2,1H3,(H,24,28)(H,25,30)/t15-/m1/s1. The first-order valence-electron chi connectivity index (χ1n) is 10.7. The van der Waals surface area contributed by atoms with Gasteiger partial charge < -0.3 is 15.0 Å². The third-order valence-corrected chi connectivity index (χ3v) is 6.99. The highest BCUT2D eigenvalue weighted by atomic mass is 32.2. The fourth-order valence-corrected chi connectivity index (χ4v) is 5.01. The van der Waals surface area contributed by atoms with E-state index in [0.717, 1.165) is 10.5 Å². The molecule has 2 aromatic carbocycles. The molecule has 0 saturated carbocycles. The van der Waals surface area contributed by atoms with E-state index in [9.17, 15) is 19.2 Å². The number of nitrogens with one attached hydrogen (secondary N) is 2. The monoisotopic (exact) mass is 466 g/mol. The number of aryl methyl sites for hydroxylation is 1. The number of H-pyrrole nitrogens is 1. The minimum absolute atomic E-state index is 0.0689. The number of cyclic esters (lactones) is 1. The largest absolute Gasteiger partial charge is 0.444 e. The summed E-state index contributed by atoms with van der Waals surface area (Å²) in [6.07, 6.45) is 0.210. The zero-order valence-corrected chi connectivity index (χ0v) is 18.7. The number of ether oxygens (including phenoxy) is 1. The number of fused-ring (bicyclic) bond motifs is 2. The summed E-state index contributed by atoms with van der Waals surface area (Å²) in [5, 5.41) is 3.30. The van der Waals surface area contributed by atoms with Crippen molar-refractivity contribution in [2.45, 2.75) is 37.3 Å². The number of hydrogen-bond acceptors (Lipinski definition) is 6. The second kappa shape index (κ2) is 8.43. The Bertz CT molecular complexity index is 1400. The van der Waals surface area contributed by atoms with Crippen molar-refractivity contribution in [2.75, 3.05) is 22.5 Å². The Morgan fingerprint density at radius 3 is 2.85 bits per heavy atom. The number of aromatic amines is 1. The summed E-state index contributed by atoms with van der Waals surface area (Å²) < 4.78 is 6.69. The lowest BCUT2D eigenvalue weighted by molar-refractivity contribution is -0.113. The summed E-state index contributed by atoms with van der Waals surface area (Å²) in [7, 11) is 0. The van der Waals surface area contributed by atoms with Crippen molar-refractivity contribution in [1.29, 1.82) is 0 Å². The summed E-state index contributed by atoms with van der Waals surface area (Å²) >= 11 is 1.46. The van der Waals surface area contributed by atoms with Crippen LogP contribution in [0, 0.1) is 6.92 Å². The van der Waals surface area contributed by atoms with Crippen LogP contribution in [0.3, 0.4) is 0 Å². The molecule has 3 heterocycles. The number of rotatable bonds is 5. The predicted molar refractivity (Wildman–Crippen MR) is 126 cm³/mol. The molecule has 0 bridgehead atoms. The minimum atomic E-state index is -0.453. The fraction of sp³-hybridized carbons (Fsp3) is 0.304. The second-order valence-electron chi connectivity index (χ2n) is 8.16. The van der Waals surface area contributed by atoms with Crippen molar-refractivity contribution in [3.8, 4) is 0 Å². The summed E-state index contributed by atoms with van der Waals surface area (Å²) in [5.74, 6) is 0.309. The lowest BCUT2D eigenvalue weighted by atomic mass is 10.1. The van der Waals surface area contributed by atoms with Crippen LogP contribution >= 0.6 is 11.8 Å². The van der Waals surface area contributed by atoms with Crippen molar-refractivity contribution in [2.24, 2.45) is 0 Å². The summed E-state index contributed by atoms with van der Waals surface area (Å²) in [6, 6.07) is 10.8. The molecule has 9 nitrogen and oxygen atoms in total. The smallest absolute Gasteiger partial charge is 0.414 e. The van der Waals surface area contributed by atoms with Crippen LogP contribution < -0.4 is 21.5 Å². The number of carbonyl (C=O) groups excluding carboxylic acids is 2. The van der Waals surface area contributed by atoms with Crippen LogP contribution in [0.1, 0.15) is 18.4 Å². The average molecular weight is 467 g/mol. The topological polar surface area (TPSA) is 114 Å². The molecule has 3 aromatic rings. The molecule has 1 aromatic heterocycles. The van der Waals surface area contributed by atoms with Crippen LogP contribution in [0.4, 0.5) is 16.2 Å². The van der Waals surface area contributed by atoms with E-state index in [1.807, 2.05) is 25.1 Å². The molecule has 1 saturated heterocycles. The fourth-order valence-electron chi connectivity index (χ4n) is 4.23. The van der Waals surface area contributed by atoms with Gasteiger partial charge in [0.1, 0.15) is 6.10 Å². The average Bonchev–Trinajstić information content (AvgIpc) is 3.16. The van der Waals surface area contributed by atoms with Gasteiger partial charge in [-0.3, -0.25) is 19.1 Å². The van der Waals surface area contributed by atoms with E-state index in [1.54, 1.807) is 18.2 Å². The molecule has 0 aliphatic carbocycles. The molecule has 1 fully saturated rings. The zero-order chi connectivity index (χ0) is 23.1. The molecule has 0 radical (unpaired) electrons. The number of para-hydroxylation sites is 1. The van der Waals surface area contributed by atoms with Gasteiger partial charge >= 0.3 is 11.8 Å². The van der Waals surface area contributed by atoms with Crippen molar-refractivity contribution < 1.29 is 14.3 Å². The van der Waals surface area contributed by atoms with Crippen molar-refractivity contribution >= 4 is 46.0 Å². The van der Waals surface area contributed by atoms with Crippen LogP contribution in [0.2, 0.25) is 0 Å². The van der Waals surface area contributed by atoms with Gasteiger partial charge in [-0.25, -0.2) is 9.59 Å². The van der Waals surface area contributed by atoms with Gasteiger partial charge in [-0.05, 0) is 49.6 Å². The number of nitrogens with zero attached hydrogens (tertiary/aromatic N) is 2. The predicted octanol–water partition coefficient (Wildman–Crippen LogP) is 2.85. The highest BCUT2D eigenvalue weighted by Crippen LogP contribution is 2.35. The zero-order valence-electron chi connectivity index (χ0n) is 17.9. The molecule has 170 valence electrons. The van der Waals surface area contributed by atoms with Gasteiger partial charge in [-0.15, -0.1) is 11.8 Å². The highest BCUT2D eigenvalue weighted by Gasteiger charge is 2.32. The SMILES string of the molecule is Cc1cccc2c(=O)n(CCC[C@@H]3CN(c4ccc5c(c4)NC(=O)CS5)C(=O)O3)c(=O)[nH]c12. The van der Waals surface area contributed by atoms with Crippen LogP contribution in [0.5, 0.6) is 0 Å². The van der Waals surface area contributed by atoms with Gasteiger partial charge in [-0.2, -0.15) is 0 Å². The Balaban J connectivity index is 1.26. The van der Waals surface area contributed by atoms with Gasteiger partial charge in [0.2, 0.25) is 5.91 Å². The molecule has 2 amide bonds. The lowest BCUT2D eigenvalue weighted by Crippen LogP contribution is -2.35. The maximum Gasteiger partial charge on any atom is 0.414 e. The third-order valence-electron chi connectivity index (χ3n) is 5.92. The van der Waals surface area contributed by atoms with E-state index in [4.69, 9.17) is 4.74 Å². The number of hydrogen-bond donors (Lipinski definition) is 2. The maximum atomic E-state index is 12.8. The van der Waals surface area contributed by atoms with Gasteiger partial charge in [0.15, 0.2) is 0 Å². The number of thioether (sulfide) groups is 1. The Kier molecular flexibility index (Phi) is 5.45. The quantitative estimate of drug-likeness (QED) is 0.598. The highest BCUT2D eigenvalue weighted by molar-refractivity contribution is 8.00. The van der Waals surface area contributed by atoms with Crippen molar-refractivity contribution in [1.82, 2.24) is 9.55 Å². The number of amides is 2. The van der Waals surface area contributed by atoms with Crippen LogP contribution in [-0.4, -0.2) is 40.0 Å². The maximum absolute atomic E-state index is 12.8. The molecule has 2 N–H and O–H groups in total. The normalized spacial score (nSPS) is 17.7. The second-order valence-corrected chi connectivity index (χ2v) is 9.18. The summed E-state index contributed by atoms with van der Waals surface area (Å²) in [6.45, 7) is 2.44. The van der Waals surface area contributed by atoms with Crippen LogP contribution in [0.25, 0.3) is 10.9 Å². The summed E-state index contributed by atoms with van der Waals surface area (Å²) in [4.78, 5) is 54.6. The Morgan fingerprint density at radius 1 is 1.15 bits per heavy atom. The number of anilines is 2. The van der Waals surface area contributed by atoms with Gasteiger partial charge in [0.05, 0.1) is 28.9 Å². The van der Waals surface area contributed by atoms with Gasteiger partial charge in [0, 0.05) is 17.1 Å². The molecular formula is C23H22N4O5S. The minimum Gasteiger partial charge on any atom is -0.444 e. The molecule has 5 rings (SSSR count). The molecule has 1 atom stereocenters. The van der Waals surface area contributed by atoms with Gasteiger partial charge in [0.25, 0.3) is 5.56 Å². The van der Waals surface area contributed by atoms with Gasteiger partial charge in [-0.1, -0.05) is 12.1 Å².